The Morgan fingerprint density at radius 1 is 1.06 bits per heavy atom. The quantitative estimate of drug-likeness (QED) is 0.499. The highest BCUT2D eigenvalue weighted by Crippen LogP contribution is 2.41. The van der Waals surface area contributed by atoms with Gasteiger partial charge in [-0.15, -0.1) is 4.40 Å². The number of amidine groups is 1. The molecule has 3 aromatic carbocycles. The SMILES string of the molecule is Cc1ccc(F)cc1[C@H](CCO)NC1=NS(=O)(=O)C(c2ccc(-c3ccccc3)cc2)C(C)(C)O1. The third kappa shape index (κ3) is 5.39. The Morgan fingerprint density at radius 3 is 2.34 bits per heavy atom. The smallest absolute Gasteiger partial charge is 0.301 e. The maximum Gasteiger partial charge on any atom is 0.301 e. The Bertz CT molecular complexity index is 1320. The van der Waals surface area contributed by atoms with Gasteiger partial charge in [-0.1, -0.05) is 60.7 Å². The fourth-order valence-corrected chi connectivity index (χ4v) is 6.22. The number of aliphatic hydroxyl groups is 1. The zero-order valence-corrected chi connectivity index (χ0v) is 20.7. The highest BCUT2D eigenvalue weighted by molar-refractivity contribution is 7.90. The van der Waals surface area contributed by atoms with Crippen LogP contribution in [0.3, 0.4) is 0 Å². The number of nitrogens with one attached hydrogen (secondary N) is 1. The molecule has 2 N–H and O–H groups in total. The molecule has 3 aromatic rings. The summed E-state index contributed by atoms with van der Waals surface area (Å²) >= 11 is 0. The molecule has 1 aliphatic heterocycles. The van der Waals surface area contributed by atoms with Crippen LogP contribution in [0.15, 0.2) is 77.2 Å². The number of aliphatic hydroxyl groups excluding tert-OH is 1. The fourth-order valence-electron chi connectivity index (χ4n) is 4.53. The Morgan fingerprint density at radius 2 is 1.71 bits per heavy atom. The van der Waals surface area contributed by atoms with Gasteiger partial charge in [-0.2, -0.15) is 0 Å². The summed E-state index contributed by atoms with van der Waals surface area (Å²) in [7, 11) is -4.01. The van der Waals surface area contributed by atoms with Crippen LogP contribution in [-0.2, 0) is 14.8 Å². The first-order valence-corrected chi connectivity index (χ1v) is 12.9. The minimum atomic E-state index is -4.01. The molecule has 0 spiro atoms. The number of sulfonamides is 1. The summed E-state index contributed by atoms with van der Waals surface area (Å²) in [6, 6.07) is 20.8. The van der Waals surface area contributed by atoms with Crippen molar-refractivity contribution < 1.29 is 22.7 Å². The molecule has 1 heterocycles. The molecule has 0 saturated carbocycles. The second kappa shape index (κ2) is 9.79. The van der Waals surface area contributed by atoms with Gasteiger partial charge in [0.25, 0.3) is 10.0 Å². The molecule has 0 aliphatic carbocycles. The Hall–Kier alpha value is -3.23. The highest BCUT2D eigenvalue weighted by Gasteiger charge is 2.47. The number of rotatable bonds is 6. The van der Waals surface area contributed by atoms with E-state index < -0.39 is 32.7 Å². The van der Waals surface area contributed by atoms with Crippen LogP contribution in [0.5, 0.6) is 0 Å². The maximum atomic E-state index is 13.9. The van der Waals surface area contributed by atoms with E-state index in [4.69, 9.17) is 4.74 Å². The van der Waals surface area contributed by atoms with Crippen molar-refractivity contribution in [3.8, 4) is 11.1 Å². The van der Waals surface area contributed by atoms with Crippen LogP contribution in [0.1, 0.15) is 48.3 Å². The van der Waals surface area contributed by atoms with E-state index in [1.54, 1.807) is 32.0 Å². The van der Waals surface area contributed by atoms with Gasteiger partial charge in [-0.3, -0.25) is 0 Å². The molecule has 0 fully saturated rings. The van der Waals surface area contributed by atoms with E-state index in [0.717, 1.165) is 16.7 Å². The summed E-state index contributed by atoms with van der Waals surface area (Å²) < 4.78 is 50.6. The van der Waals surface area contributed by atoms with Gasteiger partial charge >= 0.3 is 6.02 Å². The molecule has 0 bridgehead atoms. The lowest BCUT2D eigenvalue weighted by Gasteiger charge is -2.38. The lowest BCUT2D eigenvalue weighted by molar-refractivity contribution is 0.0760. The molecular weight excluding hydrogens is 467 g/mol. The largest absolute Gasteiger partial charge is 0.457 e. The molecule has 4 rings (SSSR count). The van der Waals surface area contributed by atoms with Gasteiger partial charge in [0.15, 0.2) is 0 Å². The van der Waals surface area contributed by atoms with Gasteiger partial charge < -0.3 is 15.2 Å². The van der Waals surface area contributed by atoms with Crippen LogP contribution in [0.25, 0.3) is 11.1 Å². The number of hydrogen-bond acceptors (Lipinski definition) is 5. The summed E-state index contributed by atoms with van der Waals surface area (Å²) in [5, 5.41) is 11.5. The lowest BCUT2D eigenvalue weighted by Crippen LogP contribution is -2.47. The summed E-state index contributed by atoms with van der Waals surface area (Å²) in [5.74, 6) is -0.422. The molecule has 0 amide bonds. The van der Waals surface area contributed by atoms with Crippen LogP contribution in [0.4, 0.5) is 4.39 Å². The first-order valence-electron chi connectivity index (χ1n) is 11.4. The number of nitrogens with zero attached hydrogens (tertiary/aromatic N) is 1. The topological polar surface area (TPSA) is 88.0 Å². The number of hydrogen-bond donors (Lipinski definition) is 2. The van der Waals surface area contributed by atoms with E-state index in [2.05, 4.69) is 9.71 Å². The second-order valence-electron chi connectivity index (χ2n) is 9.20. The number of halogens is 1. The van der Waals surface area contributed by atoms with Crippen molar-refractivity contribution in [2.24, 2.45) is 4.40 Å². The molecule has 2 atom stereocenters. The lowest BCUT2D eigenvalue weighted by atomic mass is 9.95. The van der Waals surface area contributed by atoms with E-state index in [9.17, 15) is 17.9 Å². The highest BCUT2D eigenvalue weighted by atomic mass is 32.2. The molecule has 0 radical (unpaired) electrons. The average molecular weight is 497 g/mol. The Balaban J connectivity index is 1.64. The zero-order chi connectivity index (χ0) is 25.2. The van der Waals surface area contributed by atoms with Crippen LogP contribution >= 0.6 is 0 Å². The van der Waals surface area contributed by atoms with Crippen molar-refractivity contribution in [1.29, 1.82) is 0 Å². The van der Waals surface area contributed by atoms with E-state index in [0.29, 0.717) is 11.1 Å². The van der Waals surface area contributed by atoms with Gasteiger partial charge in [0, 0.05) is 6.61 Å². The fraction of sp³-hybridized carbons (Fsp3) is 0.296. The van der Waals surface area contributed by atoms with Crippen molar-refractivity contribution in [2.75, 3.05) is 6.61 Å². The predicted octanol–water partition coefficient (Wildman–Crippen LogP) is 5.05. The Labute approximate surface area is 205 Å². The van der Waals surface area contributed by atoms with Gasteiger partial charge in [0.2, 0.25) is 0 Å². The number of aryl methyl sites for hydroxylation is 1. The molecule has 0 saturated heterocycles. The summed E-state index contributed by atoms with van der Waals surface area (Å²) in [6.45, 7) is 5.03. The molecule has 1 aliphatic rings. The summed E-state index contributed by atoms with van der Waals surface area (Å²) in [4.78, 5) is 0. The van der Waals surface area contributed by atoms with Gasteiger partial charge in [0.05, 0.1) is 6.04 Å². The summed E-state index contributed by atoms with van der Waals surface area (Å²) in [6.07, 6.45) is 0.220. The van der Waals surface area contributed by atoms with Crippen LogP contribution < -0.4 is 5.32 Å². The van der Waals surface area contributed by atoms with E-state index in [-0.39, 0.29) is 19.0 Å². The molecule has 1 unspecified atom stereocenters. The average Bonchev–Trinajstić information content (AvgIpc) is 2.80. The molecule has 8 heteroatoms. The van der Waals surface area contributed by atoms with Gasteiger partial charge in [-0.25, -0.2) is 12.8 Å². The standard InChI is InChI=1S/C27H29FN2O4S/c1-18-9-14-22(28)17-23(18)24(15-16-31)29-26-30-35(32,33)25(27(2,3)34-26)21-12-10-20(11-13-21)19-7-5-4-6-8-19/h4-14,17,24-25,31H,15-16H2,1-3H3,(H,29,30)/t24-,25?/m0/s1. The summed E-state index contributed by atoms with van der Waals surface area (Å²) in [5.41, 5.74) is 2.84. The minimum Gasteiger partial charge on any atom is -0.457 e. The molecule has 0 aromatic heterocycles. The van der Waals surface area contributed by atoms with Gasteiger partial charge in [0.1, 0.15) is 16.7 Å². The Kier molecular flexibility index (Phi) is 6.96. The first-order chi connectivity index (χ1) is 16.6. The second-order valence-corrected chi connectivity index (χ2v) is 10.9. The predicted molar refractivity (Wildman–Crippen MR) is 135 cm³/mol. The van der Waals surface area contributed by atoms with Gasteiger partial charge in [-0.05, 0) is 67.1 Å². The van der Waals surface area contributed by atoms with Crippen LogP contribution in [0, 0.1) is 12.7 Å². The normalized spacial score (nSPS) is 19.3. The van der Waals surface area contributed by atoms with Crippen LogP contribution in [0.2, 0.25) is 0 Å². The third-order valence-corrected chi connectivity index (χ3v) is 8.01. The van der Waals surface area contributed by atoms with Crippen molar-refractivity contribution in [2.45, 2.75) is 44.1 Å². The minimum absolute atomic E-state index is 0.172. The third-order valence-electron chi connectivity index (χ3n) is 6.15. The van der Waals surface area contributed by atoms with E-state index in [1.165, 1.54) is 12.1 Å². The molecule has 6 nitrogen and oxygen atoms in total. The van der Waals surface area contributed by atoms with E-state index >= 15 is 0 Å². The number of benzene rings is 3. The molecule has 35 heavy (non-hydrogen) atoms. The molecular formula is C27H29FN2O4S. The van der Waals surface area contributed by atoms with Crippen LogP contribution in [-0.4, -0.2) is 31.8 Å². The van der Waals surface area contributed by atoms with Crippen molar-refractivity contribution in [1.82, 2.24) is 5.32 Å². The zero-order valence-electron chi connectivity index (χ0n) is 19.9. The van der Waals surface area contributed by atoms with Crippen molar-refractivity contribution >= 4 is 16.0 Å². The first kappa shape index (κ1) is 24.9. The number of ether oxygens (including phenoxy) is 1. The monoisotopic (exact) mass is 496 g/mol. The van der Waals surface area contributed by atoms with Crippen molar-refractivity contribution in [3.63, 3.8) is 0 Å². The maximum absolute atomic E-state index is 13.9. The van der Waals surface area contributed by atoms with Crippen molar-refractivity contribution in [3.05, 3.63) is 95.3 Å². The molecule has 184 valence electrons. The van der Waals surface area contributed by atoms with E-state index in [1.807, 2.05) is 49.4 Å².